The van der Waals surface area contributed by atoms with E-state index in [9.17, 15) is 4.79 Å². The number of thiophene rings is 1. The molecule has 0 aliphatic carbocycles. The predicted molar refractivity (Wildman–Crippen MR) is 93.5 cm³/mol. The first-order valence-corrected chi connectivity index (χ1v) is 8.71. The molecule has 1 fully saturated rings. The van der Waals surface area contributed by atoms with Gasteiger partial charge in [-0.05, 0) is 53.9 Å². The average molecular weight is 328 g/mol. The standard InChI is InChI=1S/C17H20N4OS/c1-14-3-5-16(19-18-14)20-8-2-9-21(11-10-20)17(22)6-4-15-7-12-23-13-15/h3-7,12-13H,2,8-11H2,1H3/b6-4+. The number of amides is 1. The molecule has 3 heterocycles. The highest BCUT2D eigenvalue weighted by Crippen LogP contribution is 2.14. The van der Waals surface area contributed by atoms with E-state index in [4.69, 9.17) is 0 Å². The van der Waals surface area contributed by atoms with Gasteiger partial charge < -0.3 is 9.80 Å². The normalized spacial score (nSPS) is 15.9. The van der Waals surface area contributed by atoms with Crippen molar-refractivity contribution in [3.63, 3.8) is 0 Å². The molecular weight excluding hydrogens is 308 g/mol. The SMILES string of the molecule is Cc1ccc(N2CCCN(C(=O)/C=C/c3ccsc3)CC2)nn1. The molecule has 1 saturated heterocycles. The molecule has 5 nitrogen and oxygen atoms in total. The van der Waals surface area contributed by atoms with Crippen LogP contribution in [0.2, 0.25) is 0 Å². The van der Waals surface area contributed by atoms with Crippen molar-refractivity contribution in [1.29, 1.82) is 0 Å². The van der Waals surface area contributed by atoms with Gasteiger partial charge in [0.2, 0.25) is 5.91 Å². The molecule has 1 amide bonds. The Labute approximate surface area is 140 Å². The number of carbonyl (C=O) groups is 1. The molecule has 6 heteroatoms. The monoisotopic (exact) mass is 328 g/mol. The molecule has 0 saturated carbocycles. The zero-order valence-electron chi connectivity index (χ0n) is 13.2. The summed E-state index contributed by atoms with van der Waals surface area (Å²) in [6, 6.07) is 5.98. The fourth-order valence-electron chi connectivity index (χ4n) is 2.57. The van der Waals surface area contributed by atoms with Gasteiger partial charge in [-0.2, -0.15) is 16.4 Å². The molecule has 3 rings (SSSR count). The maximum atomic E-state index is 12.3. The summed E-state index contributed by atoms with van der Waals surface area (Å²) in [5, 5.41) is 12.4. The number of hydrogen-bond donors (Lipinski definition) is 0. The third-order valence-electron chi connectivity index (χ3n) is 3.88. The lowest BCUT2D eigenvalue weighted by Gasteiger charge is -2.21. The van der Waals surface area contributed by atoms with Gasteiger partial charge in [0.15, 0.2) is 5.82 Å². The van der Waals surface area contributed by atoms with E-state index in [0.717, 1.165) is 43.1 Å². The van der Waals surface area contributed by atoms with Gasteiger partial charge >= 0.3 is 0 Å². The van der Waals surface area contributed by atoms with Gasteiger partial charge in [-0.15, -0.1) is 5.10 Å². The lowest BCUT2D eigenvalue weighted by Crippen LogP contribution is -2.34. The van der Waals surface area contributed by atoms with Crippen molar-refractivity contribution in [3.05, 3.63) is 46.3 Å². The Morgan fingerprint density at radius 3 is 2.83 bits per heavy atom. The second-order valence-electron chi connectivity index (χ2n) is 5.59. The number of nitrogens with zero attached hydrogens (tertiary/aromatic N) is 4. The zero-order valence-corrected chi connectivity index (χ0v) is 14.0. The Morgan fingerprint density at radius 1 is 1.17 bits per heavy atom. The first-order chi connectivity index (χ1) is 11.2. The van der Waals surface area contributed by atoms with Gasteiger partial charge in [-0.1, -0.05) is 0 Å². The smallest absolute Gasteiger partial charge is 0.246 e. The van der Waals surface area contributed by atoms with Crippen molar-refractivity contribution in [3.8, 4) is 0 Å². The van der Waals surface area contributed by atoms with Crippen LogP contribution in [-0.2, 0) is 4.79 Å². The highest BCUT2D eigenvalue weighted by Gasteiger charge is 2.18. The summed E-state index contributed by atoms with van der Waals surface area (Å²) in [7, 11) is 0. The second-order valence-corrected chi connectivity index (χ2v) is 6.37. The van der Waals surface area contributed by atoms with Gasteiger partial charge in [0, 0.05) is 32.3 Å². The van der Waals surface area contributed by atoms with Crippen LogP contribution in [0, 0.1) is 6.92 Å². The van der Waals surface area contributed by atoms with E-state index in [1.807, 2.05) is 46.9 Å². The predicted octanol–water partition coefficient (Wildman–Crippen LogP) is 2.60. The van der Waals surface area contributed by atoms with E-state index in [0.29, 0.717) is 6.54 Å². The minimum absolute atomic E-state index is 0.0769. The third-order valence-corrected chi connectivity index (χ3v) is 4.58. The summed E-state index contributed by atoms with van der Waals surface area (Å²) in [6.45, 7) is 5.11. The second kappa shape index (κ2) is 7.37. The summed E-state index contributed by atoms with van der Waals surface area (Å²) in [4.78, 5) is 16.4. The molecule has 0 atom stereocenters. The minimum atomic E-state index is 0.0769. The average Bonchev–Trinajstić information content (AvgIpc) is 2.96. The highest BCUT2D eigenvalue weighted by atomic mass is 32.1. The van der Waals surface area contributed by atoms with Crippen molar-refractivity contribution in [2.75, 3.05) is 31.1 Å². The Bertz CT molecular complexity index is 666. The van der Waals surface area contributed by atoms with Crippen LogP contribution in [0.3, 0.4) is 0 Å². The molecule has 23 heavy (non-hydrogen) atoms. The summed E-state index contributed by atoms with van der Waals surface area (Å²) in [5.41, 5.74) is 1.99. The summed E-state index contributed by atoms with van der Waals surface area (Å²) >= 11 is 1.63. The number of aromatic nitrogens is 2. The number of carbonyl (C=O) groups excluding carboxylic acids is 1. The molecule has 120 valence electrons. The number of hydrogen-bond acceptors (Lipinski definition) is 5. The molecule has 2 aromatic heterocycles. The van der Waals surface area contributed by atoms with Gasteiger partial charge in [0.25, 0.3) is 0 Å². The van der Waals surface area contributed by atoms with E-state index < -0.39 is 0 Å². The molecule has 1 aliphatic heterocycles. The van der Waals surface area contributed by atoms with Crippen LogP contribution in [0.25, 0.3) is 6.08 Å². The molecule has 0 aromatic carbocycles. The molecule has 2 aromatic rings. The first kappa shape index (κ1) is 15.7. The quantitative estimate of drug-likeness (QED) is 0.813. The molecule has 1 aliphatic rings. The fourth-order valence-corrected chi connectivity index (χ4v) is 3.20. The Hall–Kier alpha value is -2.21. The van der Waals surface area contributed by atoms with Crippen LogP contribution in [0.5, 0.6) is 0 Å². The lowest BCUT2D eigenvalue weighted by molar-refractivity contribution is -0.125. The zero-order chi connectivity index (χ0) is 16.1. The van der Waals surface area contributed by atoms with Crippen molar-refractivity contribution in [1.82, 2.24) is 15.1 Å². The van der Waals surface area contributed by atoms with E-state index >= 15 is 0 Å². The highest BCUT2D eigenvalue weighted by molar-refractivity contribution is 7.08. The van der Waals surface area contributed by atoms with Crippen LogP contribution in [-0.4, -0.2) is 47.2 Å². The summed E-state index contributed by atoms with van der Waals surface area (Å²) < 4.78 is 0. The maximum Gasteiger partial charge on any atom is 0.246 e. The molecule has 0 bridgehead atoms. The van der Waals surface area contributed by atoms with Crippen molar-refractivity contribution >= 4 is 29.1 Å². The van der Waals surface area contributed by atoms with E-state index in [2.05, 4.69) is 15.1 Å². The van der Waals surface area contributed by atoms with Gasteiger partial charge in [-0.3, -0.25) is 4.79 Å². The fraction of sp³-hybridized carbons (Fsp3) is 0.353. The summed E-state index contributed by atoms with van der Waals surface area (Å²) in [5.74, 6) is 0.965. The van der Waals surface area contributed by atoms with Crippen LogP contribution < -0.4 is 4.90 Å². The van der Waals surface area contributed by atoms with E-state index in [1.54, 1.807) is 17.4 Å². The maximum absolute atomic E-state index is 12.3. The molecular formula is C17H20N4OS. The van der Waals surface area contributed by atoms with Crippen LogP contribution in [0.1, 0.15) is 17.7 Å². The van der Waals surface area contributed by atoms with Crippen LogP contribution in [0.15, 0.2) is 35.0 Å². The summed E-state index contributed by atoms with van der Waals surface area (Å²) in [6.07, 6.45) is 4.49. The Kier molecular flexibility index (Phi) is 5.02. The van der Waals surface area contributed by atoms with Gasteiger partial charge in [-0.25, -0.2) is 0 Å². The third kappa shape index (κ3) is 4.16. The van der Waals surface area contributed by atoms with Crippen LogP contribution >= 0.6 is 11.3 Å². The molecule has 0 radical (unpaired) electrons. The Balaban J connectivity index is 1.59. The van der Waals surface area contributed by atoms with Crippen molar-refractivity contribution < 1.29 is 4.79 Å². The molecule has 0 N–H and O–H groups in total. The van der Waals surface area contributed by atoms with Crippen LogP contribution in [0.4, 0.5) is 5.82 Å². The lowest BCUT2D eigenvalue weighted by atomic mass is 10.3. The topological polar surface area (TPSA) is 49.3 Å². The van der Waals surface area contributed by atoms with E-state index in [-0.39, 0.29) is 5.91 Å². The largest absolute Gasteiger partial charge is 0.353 e. The van der Waals surface area contributed by atoms with E-state index in [1.165, 1.54) is 0 Å². The number of rotatable bonds is 3. The minimum Gasteiger partial charge on any atom is -0.353 e. The number of aryl methyl sites for hydroxylation is 1. The first-order valence-electron chi connectivity index (χ1n) is 7.77. The van der Waals surface area contributed by atoms with Crippen molar-refractivity contribution in [2.45, 2.75) is 13.3 Å². The molecule has 0 spiro atoms. The van der Waals surface area contributed by atoms with Crippen molar-refractivity contribution in [2.24, 2.45) is 0 Å². The molecule has 0 unspecified atom stereocenters. The van der Waals surface area contributed by atoms with Gasteiger partial charge in [0.1, 0.15) is 0 Å². The Morgan fingerprint density at radius 2 is 2.09 bits per heavy atom. The number of anilines is 1. The van der Waals surface area contributed by atoms with Gasteiger partial charge in [0.05, 0.1) is 5.69 Å².